The Morgan fingerprint density at radius 2 is 1.94 bits per heavy atom. The predicted molar refractivity (Wildman–Crippen MR) is 132 cm³/mol. The standard InChI is InChI=1S/C24H30ClN5O3/c1-6-8-10-21(31)27-19-13-15(26)11-12-16(19)22-17(14-20(25)29-30-22)18(9-7-2)28-23(32)33-24(3,4)5/h6-7,11-14,18H,1-2,8-10,26H2,3-5H3,(H,27,31)(H,28,32). The number of hydrogen-bond acceptors (Lipinski definition) is 6. The highest BCUT2D eigenvalue weighted by atomic mass is 35.5. The number of carbonyl (C=O) groups is 2. The number of rotatable bonds is 9. The van der Waals surface area contributed by atoms with Crippen molar-refractivity contribution in [2.75, 3.05) is 11.1 Å². The lowest BCUT2D eigenvalue weighted by molar-refractivity contribution is -0.116. The van der Waals surface area contributed by atoms with Crippen molar-refractivity contribution in [1.82, 2.24) is 15.5 Å². The molecule has 4 N–H and O–H groups in total. The van der Waals surface area contributed by atoms with Crippen LogP contribution in [0.4, 0.5) is 16.2 Å². The molecule has 0 aliphatic carbocycles. The van der Waals surface area contributed by atoms with Gasteiger partial charge in [0.15, 0.2) is 5.15 Å². The lowest BCUT2D eigenvalue weighted by atomic mass is 9.97. The minimum atomic E-state index is -0.667. The third kappa shape index (κ3) is 7.91. The van der Waals surface area contributed by atoms with Crippen LogP contribution in [0, 0.1) is 0 Å². The molecule has 0 aliphatic rings. The fourth-order valence-corrected chi connectivity index (χ4v) is 3.21. The number of amides is 2. The summed E-state index contributed by atoms with van der Waals surface area (Å²) in [6.07, 6.45) is 3.94. The minimum Gasteiger partial charge on any atom is -0.444 e. The van der Waals surface area contributed by atoms with Crippen molar-refractivity contribution in [1.29, 1.82) is 0 Å². The first-order valence-electron chi connectivity index (χ1n) is 10.5. The van der Waals surface area contributed by atoms with Crippen molar-refractivity contribution in [3.05, 3.63) is 60.3 Å². The summed E-state index contributed by atoms with van der Waals surface area (Å²) in [6, 6.07) is 6.14. The second-order valence-electron chi connectivity index (χ2n) is 8.37. The molecule has 2 aromatic rings. The van der Waals surface area contributed by atoms with Crippen molar-refractivity contribution in [2.45, 2.75) is 51.7 Å². The summed E-state index contributed by atoms with van der Waals surface area (Å²) < 4.78 is 5.41. The maximum Gasteiger partial charge on any atom is 0.408 e. The Hall–Kier alpha value is -3.39. The van der Waals surface area contributed by atoms with Crippen LogP contribution in [0.15, 0.2) is 49.6 Å². The van der Waals surface area contributed by atoms with Gasteiger partial charge in [0.1, 0.15) is 11.3 Å². The normalized spacial score (nSPS) is 11.9. The van der Waals surface area contributed by atoms with Gasteiger partial charge in [-0.3, -0.25) is 4.79 Å². The highest BCUT2D eigenvalue weighted by Gasteiger charge is 2.24. The summed E-state index contributed by atoms with van der Waals surface area (Å²) in [5.41, 5.74) is 7.84. The molecule has 33 heavy (non-hydrogen) atoms. The summed E-state index contributed by atoms with van der Waals surface area (Å²) in [6.45, 7) is 12.8. The molecule has 0 aliphatic heterocycles. The molecule has 1 aromatic carbocycles. The van der Waals surface area contributed by atoms with Crippen LogP contribution in [0.2, 0.25) is 5.15 Å². The number of benzene rings is 1. The molecule has 0 fully saturated rings. The Bertz CT molecular complexity index is 1030. The number of ether oxygens (including phenoxy) is 1. The molecule has 176 valence electrons. The first-order chi connectivity index (χ1) is 15.5. The SMILES string of the molecule is C=CCCC(=O)Nc1cc(N)ccc1-c1nnc(Cl)cc1C(CC=C)NC(=O)OC(C)(C)C. The summed E-state index contributed by atoms with van der Waals surface area (Å²) in [5, 5.41) is 14.1. The Morgan fingerprint density at radius 1 is 1.21 bits per heavy atom. The third-order valence-electron chi connectivity index (χ3n) is 4.41. The van der Waals surface area contributed by atoms with Crippen LogP contribution >= 0.6 is 11.6 Å². The average Bonchev–Trinajstić information content (AvgIpc) is 2.71. The lowest BCUT2D eigenvalue weighted by Crippen LogP contribution is -2.35. The average molecular weight is 472 g/mol. The second-order valence-corrected chi connectivity index (χ2v) is 8.76. The number of aromatic nitrogens is 2. The molecule has 2 rings (SSSR count). The van der Waals surface area contributed by atoms with Crippen LogP contribution in [-0.4, -0.2) is 27.8 Å². The molecule has 0 bridgehead atoms. The van der Waals surface area contributed by atoms with Crippen LogP contribution < -0.4 is 16.4 Å². The van der Waals surface area contributed by atoms with Crippen LogP contribution in [0.25, 0.3) is 11.3 Å². The van der Waals surface area contributed by atoms with Gasteiger partial charge in [0.05, 0.1) is 11.7 Å². The number of hydrogen-bond donors (Lipinski definition) is 3. The molecular weight excluding hydrogens is 442 g/mol. The molecule has 0 saturated carbocycles. The summed E-state index contributed by atoms with van der Waals surface area (Å²) in [5.74, 6) is -0.195. The van der Waals surface area contributed by atoms with E-state index in [1.165, 1.54) is 0 Å². The van der Waals surface area contributed by atoms with E-state index in [-0.39, 0.29) is 17.5 Å². The predicted octanol–water partition coefficient (Wildman–Crippen LogP) is 5.43. The third-order valence-corrected chi connectivity index (χ3v) is 4.60. The van der Waals surface area contributed by atoms with Gasteiger partial charge in [-0.05, 0) is 57.9 Å². The van der Waals surface area contributed by atoms with Gasteiger partial charge in [0, 0.05) is 23.2 Å². The Labute approximate surface area is 199 Å². The molecule has 2 amide bonds. The maximum absolute atomic E-state index is 12.5. The van der Waals surface area contributed by atoms with Crippen LogP contribution in [0.3, 0.4) is 0 Å². The van der Waals surface area contributed by atoms with E-state index >= 15 is 0 Å². The van der Waals surface area contributed by atoms with Crippen LogP contribution in [-0.2, 0) is 9.53 Å². The number of allylic oxidation sites excluding steroid dienone is 1. The fraction of sp³-hybridized carbons (Fsp3) is 0.333. The minimum absolute atomic E-state index is 0.154. The summed E-state index contributed by atoms with van der Waals surface area (Å²) in [7, 11) is 0. The van der Waals surface area contributed by atoms with Crippen LogP contribution in [0.5, 0.6) is 0 Å². The first kappa shape index (κ1) is 25.9. The molecule has 0 saturated heterocycles. The van der Waals surface area contributed by atoms with Crippen molar-refractivity contribution in [3.8, 4) is 11.3 Å². The summed E-state index contributed by atoms with van der Waals surface area (Å²) >= 11 is 6.16. The largest absolute Gasteiger partial charge is 0.444 e. The number of nitrogens with two attached hydrogens (primary N) is 1. The van der Waals surface area contributed by atoms with E-state index in [4.69, 9.17) is 22.1 Å². The Balaban J connectivity index is 2.52. The maximum atomic E-state index is 12.5. The Morgan fingerprint density at radius 3 is 2.58 bits per heavy atom. The zero-order valence-electron chi connectivity index (χ0n) is 19.2. The second kappa shape index (κ2) is 11.5. The number of anilines is 2. The van der Waals surface area contributed by atoms with E-state index in [1.807, 2.05) is 0 Å². The first-order valence-corrected chi connectivity index (χ1v) is 10.9. The number of nitrogen functional groups attached to an aromatic ring is 1. The molecule has 0 radical (unpaired) electrons. The lowest BCUT2D eigenvalue weighted by Gasteiger charge is -2.24. The van der Waals surface area contributed by atoms with Gasteiger partial charge in [-0.25, -0.2) is 4.79 Å². The topological polar surface area (TPSA) is 119 Å². The van der Waals surface area contributed by atoms with Gasteiger partial charge in [0.25, 0.3) is 0 Å². The zero-order chi connectivity index (χ0) is 24.6. The van der Waals surface area contributed by atoms with E-state index in [1.54, 1.807) is 57.2 Å². The van der Waals surface area contributed by atoms with E-state index in [0.717, 1.165) is 0 Å². The van der Waals surface area contributed by atoms with E-state index in [0.29, 0.717) is 41.0 Å². The fourth-order valence-electron chi connectivity index (χ4n) is 3.05. The van der Waals surface area contributed by atoms with Crippen LogP contribution in [0.1, 0.15) is 51.6 Å². The van der Waals surface area contributed by atoms with Gasteiger partial charge >= 0.3 is 6.09 Å². The zero-order valence-corrected chi connectivity index (χ0v) is 19.9. The number of halogens is 1. The molecule has 1 unspecified atom stereocenters. The van der Waals surface area contributed by atoms with Crippen molar-refractivity contribution < 1.29 is 14.3 Å². The van der Waals surface area contributed by atoms with Gasteiger partial charge < -0.3 is 21.1 Å². The molecule has 1 aromatic heterocycles. The van der Waals surface area contributed by atoms with Gasteiger partial charge in [-0.15, -0.1) is 23.4 Å². The highest BCUT2D eigenvalue weighted by Crippen LogP contribution is 2.35. The van der Waals surface area contributed by atoms with E-state index in [9.17, 15) is 9.59 Å². The van der Waals surface area contributed by atoms with Gasteiger partial charge in [-0.1, -0.05) is 23.8 Å². The number of nitrogens with one attached hydrogen (secondary N) is 2. The molecule has 1 heterocycles. The molecule has 8 nitrogen and oxygen atoms in total. The van der Waals surface area contributed by atoms with Gasteiger partial charge in [0.2, 0.25) is 5.91 Å². The molecule has 0 spiro atoms. The number of carbonyl (C=O) groups excluding carboxylic acids is 2. The Kier molecular flexibility index (Phi) is 8.99. The van der Waals surface area contributed by atoms with Crippen molar-refractivity contribution >= 4 is 35.0 Å². The number of nitrogens with zero attached hydrogens (tertiary/aromatic N) is 2. The van der Waals surface area contributed by atoms with Crippen molar-refractivity contribution in [3.63, 3.8) is 0 Å². The monoisotopic (exact) mass is 471 g/mol. The van der Waals surface area contributed by atoms with E-state index in [2.05, 4.69) is 34.0 Å². The number of alkyl carbamates (subject to hydrolysis) is 1. The summed E-state index contributed by atoms with van der Waals surface area (Å²) in [4.78, 5) is 24.9. The van der Waals surface area contributed by atoms with Crippen molar-refractivity contribution in [2.24, 2.45) is 0 Å². The molecule has 9 heteroatoms. The smallest absolute Gasteiger partial charge is 0.408 e. The van der Waals surface area contributed by atoms with Gasteiger partial charge in [-0.2, -0.15) is 0 Å². The molecule has 1 atom stereocenters. The van der Waals surface area contributed by atoms with E-state index < -0.39 is 17.7 Å². The highest BCUT2D eigenvalue weighted by molar-refractivity contribution is 6.29. The molecular formula is C24H30ClN5O3. The quantitative estimate of drug-likeness (QED) is 0.331.